The maximum atomic E-state index is 13.4. The third-order valence-corrected chi connectivity index (χ3v) is 6.20. The first-order valence-corrected chi connectivity index (χ1v) is 10.8. The van der Waals surface area contributed by atoms with Gasteiger partial charge in [-0.2, -0.15) is 13.2 Å². The lowest BCUT2D eigenvalue weighted by atomic mass is 9.67. The van der Waals surface area contributed by atoms with Crippen molar-refractivity contribution in [3.05, 3.63) is 59.2 Å². The molecule has 0 amide bonds. The summed E-state index contributed by atoms with van der Waals surface area (Å²) in [5, 5.41) is 3.45. The first-order valence-electron chi connectivity index (χ1n) is 10.8. The summed E-state index contributed by atoms with van der Waals surface area (Å²) in [6.07, 6.45) is -2.28. The first-order chi connectivity index (χ1) is 15.1. The molecule has 1 fully saturated rings. The van der Waals surface area contributed by atoms with Crippen LogP contribution in [0.3, 0.4) is 0 Å². The summed E-state index contributed by atoms with van der Waals surface area (Å²) in [7, 11) is 3.19. The van der Waals surface area contributed by atoms with Gasteiger partial charge in [-0.3, -0.25) is 0 Å². The lowest BCUT2D eigenvalue weighted by molar-refractivity contribution is -0.137. The van der Waals surface area contributed by atoms with E-state index in [0.29, 0.717) is 50.5 Å². The normalized spacial score (nSPS) is 20.7. The van der Waals surface area contributed by atoms with Crippen molar-refractivity contribution in [3.63, 3.8) is 0 Å². The fourth-order valence-corrected chi connectivity index (χ4v) is 4.66. The molecule has 1 N–H and O–H groups in total. The van der Waals surface area contributed by atoms with E-state index in [-0.39, 0.29) is 5.41 Å². The molecule has 7 heteroatoms. The Morgan fingerprint density at radius 2 is 1.78 bits per heavy atom. The number of nitrogens with one attached hydrogen (secondary N) is 1. The zero-order valence-electron chi connectivity index (χ0n) is 19.1. The summed E-state index contributed by atoms with van der Waals surface area (Å²) in [5.41, 5.74) is 0.403. The molecule has 1 heterocycles. The summed E-state index contributed by atoms with van der Waals surface area (Å²) in [5.74, 6) is 1.34. The minimum atomic E-state index is -4.36. The SMILES string of the molecule is COc1ccc(CNCC[C@]2(c3cccc(C(F)(F)F)c3)CCOC(C)(C)C2)cc1OC. The van der Waals surface area contributed by atoms with Gasteiger partial charge >= 0.3 is 6.18 Å². The van der Waals surface area contributed by atoms with Crippen LogP contribution in [0, 0.1) is 0 Å². The largest absolute Gasteiger partial charge is 0.493 e. The molecule has 0 radical (unpaired) electrons. The van der Waals surface area contributed by atoms with Crippen LogP contribution < -0.4 is 14.8 Å². The molecule has 1 atom stereocenters. The van der Waals surface area contributed by atoms with Gasteiger partial charge in [-0.25, -0.2) is 0 Å². The van der Waals surface area contributed by atoms with Gasteiger partial charge in [0.2, 0.25) is 0 Å². The number of hydrogen-bond acceptors (Lipinski definition) is 4. The van der Waals surface area contributed by atoms with Gasteiger partial charge in [-0.1, -0.05) is 24.3 Å². The van der Waals surface area contributed by atoms with E-state index < -0.39 is 17.3 Å². The minimum Gasteiger partial charge on any atom is -0.493 e. The smallest absolute Gasteiger partial charge is 0.416 e. The van der Waals surface area contributed by atoms with Gasteiger partial charge in [0.05, 0.1) is 25.4 Å². The highest BCUT2D eigenvalue weighted by atomic mass is 19.4. The van der Waals surface area contributed by atoms with Crippen molar-refractivity contribution in [1.29, 1.82) is 0 Å². The predicted octanol–water partition coefficient (Wildman–Crippen LogP) is 5.73. The van der Waals surface area contributed by atoms with Crippen LogP contribution in [-0.4, -0.2) is 33.0 Å². The Bertz CT molecular complexity index is 914. The second kappa shape index (κ2) is 9.71. The lowest BCUT2D eigenvalue weighted by Gasteiger charge is -2.46. The molecule has 0 unspecified atom stereocenters. The van der Waals surface area contributed by atoms with Crippen LogP contribution in [0.15, 0.2) is 42.5 Å². The highest BCUT2D eigenvalue weighted by Gasteiger charge is 2.42. The molecule has 1 aliphatic rings. The van der Waals surface area contributed by atoms with Crippen molar-refractivity contribution >= 4 is 0 Å². The van der Waals surface area contributed by atoms with E-state index in [1.165, 1.54) is 12.1 Å². The molecule has 1 saturated heterocycles. The summed E-state index contributed by atoms with van der Waals surface area (Å²) >= 11 is 0. The number of benzene rings is 2. The molecular weight excluding hydrogens is 419 g/mol. The van der Waals surface area contributed by atoms with Gasteiger partial charge in [-0.15, -0.1) is 0 Å². The second-order valence-corrected chi connectivity index (χ2v) is 9.01. The zero-order valence-corrected chi connectivity index (χ0v) is 19.1. The van der Waals surface area contributed by atoms with E-state index in [1.54, 1.807) is 14.2 Å². The maximum Gasteiger partial charge on any atom is 0.416 e. The average Bonchev–Trinajstić information content (AvgIpc) is 2.75. The molecule has 0 aliphatic carbocycles. The monoisotopic (exact) mass is 451 g/mol. The van der Waals surface area contributed by atoms with Gasteiger partial charge in [0.25, 0.3) is 0 Å². The van der Waals surface area contributed by atoms with Crippen LogP contribution in [-0.2, 0) is 22.9 Å². The van der Waals surface area contributed by atoms with Gasteiger partial charge < -0.3 is 19.5 Å². The van der Waals surface area contributed by atoms with Crippen molar-refractivity contribution in [3.8, 4) is 11.5 Å². The molecule has 0 saturated carbocycles. The van der Waals surface area contributed by atoms with E-state index >= 15 is 0 Å². The standard InChI is InChI=1S/C25H32F3NO3/c1-23(2)17-24(11-13-32-23,19-6-5-7-20(15-19)25(26,27)28)10-12-29-16-18-8-9-21(30-3)22(14-18)31-4/h5-9,14-15,29H,10-13,16-17H2,1-4H3/t24-/m0/s1. The maximum absolute atomic E-state index is 13.4. The third kappa shape index (κ3) is 5.75. The van der Waals surface area contributed by atoms with Crippen molar-refractivity contribution in [2.75, 3.05) is 27.4 Å². The summed E-state index contributed by atoms with van der Waals surface area (Å²) in [6.45, 7) is 5.83. The van der Waals surface area contributed by atoms with Gasteiger partial charge in [-0.05, 0) is 69.0 Å². The average molecular weight is 452 g/mol. The molecule has 4 nitrogen and oxygen atoms in total. The molecule has 0 bridgehead atoms. The van der Waals surface area contributed by atoms with E-state index in [2.05, 4.69) is 5.32 Å². The van der Waals surface area contributed by atoms with Crippen molar-refractivity contribution in [2.24, 2.45) is 0 Å². The Morgan fingerprint density at radius 1 is 1.03 bits per heavy atom. The van der Waals surface area contributed by atoms with Crippen LogP contribution in [0.5, 0.6) is 11.5 Å². The van der Waals surface area contributed by atoms with E-state index in [4.69, 9.17) is 14.2 Å². The van der Waals surface area contributed by atoms with Gasteiger partial charge in [0.15, 0.2) is 11.5 Å². The molecule has 3 rings (SSSR count). The number of halogens is 3. The minimum absolute atomic E-state index is 0.381. The molecule has 2 aromatic rings. The number of rotatable bonds is 8. The Balaban J connectivity index is 1.75. The first kappa shape index (κ1) is 24.4. The summed E-state index contributed by atoms with van der Waals surface area (Å²) in [6, 6.07) is 11.5. The molecule has 0 spiro atoms. The molecule has 32 heavy (non-hydrogen) atoms. The molecule has 1 aliphatic heterocycles. The topological polar surface area (TPSA) is 39.7 Å². The molecule has 176 valence electrons. The Kier molecular flexibility index (Phi) is 7.40. The number of ether oxygens (including phenoxy) is 3. The van der Waals surface area contributed by atoms with Crippen LogP contribution in [0.4, 0.5) is 13.2 Å². The quantitative estimate of drug-likeness (QED) is 0.521. The van der Waals surface area contributed by atoms with E-state index in [1.807, 2.05) is 38.1 Å². The van der Waals surface area contributed by atoms with E-state index in [9.17, 15) is 13.2 Å². The summed E-state index contributed by atoms with van der Waals surface area (Å²) in [4.78, 5) is 0. The Morgan fingerprint density at radius 3 is 2.44 bits per heavy atom. The Labute approximate surface area is 188 Å². The van der Waals surface area contributed by atoms with Crippen LogP contribution in [0.2, 0.25) is 0 Å². The number of methoxy groups -OCH3 is 2. The van der Waals surface area contributed by atoms with Gasteiger partial charge in [0, 0.05) is 18.6 Å². The molecule has 2 aromatic carbocycles. The Hall–Kier alpha value is -2.25. The van der Waals surface area contributed by atoms with Crippen molar-refractivity contribution < 1.29 is 27.4 Å². The van der Waals surface area contributed by atoms with Crippen LogP contribution in [0.1, 0.15) is 49.8 Å². The highest BCUT2D eigenvalue weighted by Crippen LogP contribution is 2.45. The lowest BCUT2D eigenvalue weighted by Crippen LogP contribution is -2.45. The predicted molar refractivity (Wildman–Crippen MR) is 118 cm³/mol. The molecular formula is C25H32F3NO3. The fourth-order valence-electron chi connectivity index (χ4n) is 4.66. The summed E-state index contributed by atoms with van der Waals surface area (Å²) < 4.78 is 56.6. The van der Waals surface area contributed by atoms with Crippen LogP contribution >= 0.6 is 0 Å². The number of alkyl halides is 3. The van der Waals surface area contributed by atoms with Crippen molar-refractivity contribution in [1.82, 2.24) is 5.32 Å². The zero-order chi connectivity index (χ0) is 23.4. The third-order valence-electron chi connectivity index (χ3n) is 6.20. The van der Waals surface area contributed by atoms with Crippen LogP contribution in [0.25, 0.3) is 0 Å². The highest BCUT2D eigenvalue weighted by molar-refractivity contribution is 5.42. The second-order valence-electron chi connectivity index (χ2n) is 9.01. The van der Waals surface area contributed by atoms with E-state index in [0.717, 1.165) is 17.2 Å². The van der Waals surface area contributed by atoms with Crippen molar-refractivity contribution in [2.45, 2.75) is 56.8 Å². The number of hydrogen-bond donors (Lipinski definition) is 1. The molecule has 0 aromatic heterocycles. The van der Waals surface area contributed by atoms with Gasteiger partial charge in [0.1, 0.15) is 0 Å². The fraction of sp³-hybridized carbons (Fsp3) is 0.520.